The molecule has 4 heteroatoms. The fraction of sp³-hybridized carbons (Fsp3) is 0.571. The summed E-state index contributed by atoms with van der Waals surface area (Å²) in [5, 5.41) is 3.02. The average Bonchev–Trinajstić information content (AvgIpc) is 2.03. The van der Waals surface area contributed by atoms with E-state index in [4.69, 9.17) is 0 Å². The van der Waals surface area contributed by atoms with Gasteiger partial charge in [-0.2, -0.15) is 0 Å². The average molecular weight is 269 g/mol. The molecule has 0 aliphatic heterocycles. The number of hydrogen-bond acceptors (Lipinski definition) is 3. The number of nitrogens with one attached hydrogen (secondary N) is 1. The maximum atomic E-state index is 10.8. The summed E-state index contributed by atoms with van der Waals surface area (Å²) >= 11 is 2.04. The van der Waals surface area contributed by atoms with E-state index in [0.29, 0.717) is 6.54 Å². The fourth-order valence-electron chi connectivity index (χ4n) is 0.523. The lowest BCUT2D eigenvalue weighted by Crippen LogP contribution is -2.29. The maximum absolute atomic E-state index is 10.8. The fourth-order valence-corrected chi connectivity index (χ4v) is 1.09. The van der Waals surface area contributed by atoms with Crippen molar-refractivity contribution in [2.24, 2.45) is 0 Å². The molecule has 0 amide bonds. The zero-order valence-electron chi connectivity index (χ0n) is 6.47. The van der Waals surface area contributed by atoms with E-state index in [1.165, 1.54) is 7.11 Å². The van der Waals surface area contributed by atoms with Crippen molar-refractivity contribution in [2.75, 3.05) is 20.2 Å². The molecule has 0 spiro atoms. The highest BCUT2D eigenvalue weighted by Gasteiger charge is 2.12. The molecule has 64 valence electrons. The van der Waals surface area contributed by atoms with Crippen LogP contribution in [-0.4, -0.2) is 30.1 Å². The van der Waals surface area contributed by atoms with E-state index in [1.807, 2.05) is 22.6 Å². The highest BCUT2D eigenvalue weighted by atomic mass is 127. The molecule has 11 heavy (non-hydrogen) atoms. The molecule has 0 saturated carbocycles. The van der Waals surface area contributed by atoms with Gasteiger partial charge in [0.25, 0.3) is 0 Å². The molecule has 0 aliphatic rings. The van der Waals surface area contributed by atoms with Crippen LogP contribution in [0.4, 0.5) is 0 Å². The molecule has 0 aliphatic carbocycles. The van der Waals surface area contributed by atoms with Gasteiger partial charge in [-0.1, -0.05) is 28.7 Å². The third-order valence-electron chi connectivity index (χ3n) is 1.07. The summed E-state index contributed by atoms with van der Waals surface area (Å²) in [6, 6.07) is 0. The van der Waals surface area contributed by atoms with Gasteiger partial charge >= 0.3 is 5.97 Å². The predicted octanol–water partition coefficient (Wildman–Crippen LogP) is 0.739. The molecule has 0 fully saturated rings. The topological polar surface area (TPSA) is 38.3 Å². The Labute approximate surface area is 80.3 Å². The number of ether oxygens (including phenoxy) is 1. The van der Waals surface area contributed by atoms with E-state index in [2.05, 4.69) is 16.6 Å². The third-order valence-corrected chi connectivity index (χ3v) is 2.02. The van der Waals surface area contributed by atoms with Crippen LogP contribution in [0.5, 0.6) is 0 Å². The van der Waals surface area contributed by atoms with Crippen molar-refractivity contribution in [3.05, 3.63) is 12.7 Å². The summed E-state index contributed by atoms with van der Waals surface area (Å²) < 4.78 is 4.42. The van der Waals surface area contributed by atoms with Gasteiger partial charge in [-0.3, -0.25) is 4.79 Å². The summed E-state index contributed by atoms with van der Waals surface area (Å²) in [6.45, 7) is 4.88. The lowest BCUT2D eigenvalue weighted by molar-refractivity contribution is -0.139. The van der Waals surface area contributed by atoms with Crippen LogP contribution < -0.4 is 5.32 Å². The summed E-state index contributed by atoms with van der Waals surface area (Å²) in [6.07, 6.45) is 1.75. The van der Waals surface area contributed by atoms with Gasteiger partial charge in [0.1, 0.15) is 3.92 Å². The minimum Gasteiger partial charge on any atom is -0.468 e. The molecule has 1 atom stereocenters. The Morgan fingerprint density at radius 1 is 1.91 bits per heavy atom. The molecule has 3 nitrogen and oxygen atoms in total. The van der Waals surface area contributed by atoms with Crippen LogP contribution in [0.15, 0.2) is 12.7 Å². The summed E-state index contributed by atoms with van der Waals surface area (Å²) in [5.74, 6) is -0.192. The van der Waals surface area contributed by atoms with Crippen LogP contribution in [0.3, 0.4) is 0 Å². The summed E-state index contributed by atoms with van der Waals surface area (Å²) in [5.41, 5.74) is 0. The van der Waals surface area contributed by atoms with Crippen LogP contribution in [-0.2, 0) is 9.53 Å². The Kier molecular flexibility index (Phi) is 6.54. The van der Waals surface area contributed by atoms with Crippen molar-refractivity contribution in [3.63, 3.8) is 0 Å². The number of hydrogen-bond donors (Lipinski definition) is 1. The molecular weight excluding hydrogens is 257 g/mol. The van der Waals surface area contributed by atoms with E-state index in [0.717, 1.165) is 6.54 Å². The van der Waals surface area contributed by atoms with Crippen LogP contribution in [0.2, 0.25) is 0 Å². The van der Waals surface area contributed by atoms with E-state index in [1.54, 1.807) is 6.08 Å². The van der Waals surface area contributed by atoms with Crippen LogP contribution in [0.25, 0.3) is 0 Å². The van der Waals surface area contributed by atoms with Gasteiger partial charge in [0.2, 0.25) is 0 Å². The lowest BCUT2D eigenvalue weighted by Gasteiger charge is -2.06. The zero-order valence-corrected chi connectivity index (χ0v) is 8.63. The molecule has 1 N–H and O–H groups in total. The Hall–Kier alpha value is -0.100. The minimum absolute atomic E-state index is 0.113. The molecule has 0 radical (unpaired) electrons. The van der Waals surface area contributed by atoms with Gasteiger partial charge in [-0.05, 0) is 0 Å². The lowest BCUT2D eigenvalue weighted by atomic mass is 10.4. The number of carbonyl (C=O) groups is 1. The summed E-state index contributed by atoms with van der Waals surface area (Å²) in [4.78, 5) is 10.8. The molecule has 0 aromatic heterocycles. The van der Waals surface area contributed by atoms with Gasteiger partial charge in [0.05, 0.1) is 7.11 Å². The number of carbonyl (C=O) groups excluding carboxylic acids is 1. The van der Waals surface area contributed by atoms with E-state index >= 15 is 0 Å². The van der Waals surface area contributed by atoms with Crippen molar-refractivity contribution >= 4 is 28.6 Å². The number of rotatable bonds is 5. The highest BCUT2D eigenvalue weighted by molar-refractivity contribution is 14.1. The minimum atomic E-state index is -0.192. The van der Waals surface area contributed by atoms with E-state index in [9.17, 15) is 4.79 Å². The first kappa shape index (κ1) is 10.9. The Bertz CT molecular complexity index is 138. The van der Waals surface area contributed by atoms with Gasteiger partial charge < -0.3 is 10.1 Å². The largest absolute Gasteiger partial charge is 0.468 e. The van der Waals surface area contributed by atoms with Crippen LogP contribution in [0, 0.1) is 0 Å². The Morgan fingerprint density at radius 2 is 2.55 bits per heavy atom. The van der Waals surface area contributed by atoms with Gasteiger partial charge in [-0.25, -0.2) is 0 Å². The third kappa shape index (κ3) is 5.20. The SMILES string of the molecule is C=CCNCC(I)C(=O)OC. The molecule has 0 heterocycles. The second-order valence-corrected chi connectivity index (χ2v) is 3.44. The number of esters is 1. The molecule has 0 aromatic rings. The first-order valence-electron chi connectivity index (χ1n) is 3.26. The second-order valence-electron chi connectivity index (χ2n) is 1.94. The molecular formula is C7H12INO2. The van der Waals surface area contributed by atoms with Crippen LogP contribution >= 0.6 is 22.6 Å². The molecule has 0 saturated heterocycles. The number of methoxy groups -OCH3 is 1. The molecule has 0 aromatic carbocycles. The van der Waals surface area contributed by atoms with Gasteiger partial charge in [0, 0.05) is 13.1 Å². The first-order chi connectivity index (χ1) is 5.22. The normalized spacial score (nSPS) is 12.2. The van der Waals surface area contributed by atoms with Crippen molar-refractivity contribution in [2.45, 2.75) is 3.92 Å². The second kappa shape index (κ2) is 6.60. The predicted molar refractivity (Wildman–Crippen MR) is 52.9 cm³/mol. The van der Waals surface area contributed by atoms with Crippen molar-refractivity contribution in [3.8, 4) is 0 Å². The molecule has 0 bridgehead atoms. The maximum Gasteiger partial charge on any atom is 0.319 e. The number of halogens is 1. The van der Waals surface area contributed by atoms with Crippen molar-refractivity contribution < 1.29 is 9.53 Å². The number of alkyl halides is 1. The van der Waals surface area contributed by atoms with Crippen molar-refractivity contribution in [1.82, 2.24) is 5.32 Å². The standard InChI is InChI=1S/C7H12INO2/c1-3-4-9-5-6(8)7(10)11-2/h3,6,9H,1,4-5H2,2H3. The van der Waals surface area contributed by atoms with Crippen molar-refractivity contribution in [1.29, 1.82) is 0 Å². The smallest absolute Gasteiger partial charge is 0.319 e. The zero-order chi connectivity index (χ0) is 8.69. The van der Waals surface area contributed by atoms with Gasteiger partial charge in [-0.15, -0.1) is 6.58 Å². The van der Waals surface area contributed by atoms with E-state index in [-0.39, 0.29) is 9.89 Å². The Balaban J connectivity index is 3.43. The van der Waals surface area contributed by atoms with Gasteiger partial charge in [0.15, 0.2) is 0 Å². The highest BCUT2D eigenvalue weighted by Crippen LogP contribution is 2.00. The first-order valence-corrected chi connectivity index (χ1v) is 4.50. The van der Waals surface area contributed by atoms with E-state index < -0.39 is 0 Å². The molecule has 1 unspecified atom stereocenters. The molecule has 0 rings (SSSR count). The Morgan fingerprint density at radius 3 is 3.00 bits per heavy atom. The summed E-state index contributed by atoms with van der Waals surface area (Å²) in [7, 11) is 1.39. The monoisotopic (exact) mass is 269 g/mol. The quantitative estimate of drug-likeness (QED) is 0.263. The van der Waals surface area contributed by atoms with Crippen LogP contribution in [0.1, 0.15) is 0 Å².